The third-order valence-corrected chi connectivity index (χ3v) is 0. The summed E-state index contributed by atoms with van der Waals surface area (Å²) in [6, 6.07) is 0. The molecule has 0 fully saturated rings. The molecule has 0 aromatic rings. The largest absolute Gasteiger partial charge is 2.00 e. The van der Waals surface area contributed by atoms with Crippen molar-refractivity contribution in [2.24, 2.45) is 0 Å². The Morgan fingerprint density at radius 3 is 1.25 bits per heavy atom. The molecule has 18 valence electrons. The van der Waals surface area contributed by atoms with Crippen molar-refractivity contribution in [3.63, 3.8) is 0 Å². The molecule has 0 aromatic heterocycles. The van der Waals surface area contributed by atoms with E-state index in [1.807, 2.05) is 0 Å². The molecule has 0 atom stereocenters. The van der Waals surface area contributed by atoms with Gasteiger partial charge in [0, 0.05) is 0 Å². The Hall–Kier alpha value is 0.926. The van der Waals surface area contributed by atoms with Crippen LogP contribution in [-0.2, 0) is 28.7 Å². The van der Waals surface area contributed by atoms with Gasteiger partial charge in [-0.2, -0.15) is 0 Å². The maximum absolute atomic E-state index is 8.25. The number of hydrogen-bond acceptors (Lipinski definition) is 1. The standard InChI is InChI=1S/GeO.O.Zn/c1-2;;/q;-2;+2. The molecule has 0 saturated carbocycles. The Kier molecular flexibility index (Phi) is 201. The molecular weight excluding hydrogens is 170 g/mol. The van der Waals surface area contributed by atoms with Gasteiger partial charge in [-0.1, -0.05) is 0 Å². The molecule has 0 aromatic carbocycles. The maximum atomic E-state index is 8.25. The minimum Gasteiger partial charge on any atom is 2.00 e. The molecule has 0 N–H and O–H groups in total. The first kappa shape index (κ1) is 20.5. The number of rotatable bonds is 0. The fourth-order valence-corrected chi connectivity index (χ4v) is 0. The molecule has 2 nitrogen and oxygen atoms in total. The van der Waals surface area contributed by atoms with Gasteiger partial charge in [0.05, 0.1) is 0 Å². The average molecular weight is 170 g/mol. The molecule has 0 amide bonds. The molecule has 0 aliphatic rings. The SMILES string of the molecule is [O-2].[O]=[Ge].[Zn+2]. The van der Waals surface area contributed by atoms with Crippen LogP contribution in [0.25, 0.3) is 0 Å². The van der Waals surface area contributed by atoms with Crippen molar-refractivity contribution in [3.8, 4) is 0 Å². The van der Waals surface area contributed by atoms with E-state index in [2.05, 4.69) is 0 Å². The van der Waals surface area contributed by atoms with Gasteiger partial charge in [-0.25, -0.2) is 0 Å². The van der Waals surface area contributed by atoms with Crippen molar-refractivity contribution in [3.05, 3.63) is 0 Å². The van der Waals surface area contributed by atoms with Crippen LogP contribution in [0.5, 0.6) is 0 Å². The van der Waals surface area contributed by atoms with Crippen molar-refractivity contribution in [2.75, 3.05) is 0 Å². The van der Waals surface area contributed by atoms with E-state index in [0.717, 1.165) is 16.5 Å². The van der Waals surface area contributed by atoms with E-state index >= 15 is 0 Å². The van der Waals surface area contributed by atoms with Crippen molar-refractivity contribution in [1.29, 1.82) is 0 Å². The topological polar surface area (TPSA) is 45.6 Å². The van der Waals surface area contributed by atoms with Crippen LogP contribution in [0.1, 0.15) is 0 Å². The van der Waals surface area contributed by atoms with Gasteiger partial charge in [0.1, 0.15) is 0 Å². The van der Waals surface area contributed by atoms with Crippen molar-refractivity contribution in [1.82, 2.24) is 0 Å². The maximum Gasteiger partial charge on any atom is 2.00 e. The molecule has 0 rings (SSSR count). The second-order valence-electron chi connectivity index (χ2n) is 0. The summed E-state index contributed by atoms with van der Waals surface area (Å²) < 4.78 is 8.25. The van der Waals surface area contributed by atoms with E-state index in [9.17, 15) is 0 Å². The van der Waals surface area contributed by atoms with Gasteiger partial charge in [0.15, 0.2) is 0 Å². The summed E-state index contributed by atoms with van der Waals surface area (Å²) in [4.78, 5) is 0. The first-order chi connectivity index (χ1) is 1.00. The second kappa shape index (κ2) is 39.2. The third-order valence-electron chi connectivity index (χ3n) is 0. The Labute approximate surface area is 45.5 Å². The van der Waals surface area contributed by atoms with Crippen LogP contribution in [0.2, 0.25) is 0 Å². The van der Waals surface area contributed by atoms with Gasteiger partial charge < -0.3 is 5.48 Å². The molecule has 0 aliphatic heterocycles. The van der Waals surface area contributed by atoms with Gasteiger partial charge in [-0.15, -0.1) is 0 Å². The van der Waals surface area contributed by atoms with E-state index in [0.29, 0.717) is 0 Å². The Morgan fingerprint density at radius 2 is 1.25 bits per heavy atom. The zero-order chi connectivity index (χ0) is 2.00. The summed E-state index contributed by atoms with van der Waals surface area (Å²) in [6.07, 6.45) is 0. The van der Waals surface area contributed by atoms with Crippen LogP contribution in [0.4, 0.5) is 0 Å². The molecular formula is GeO2Zn. The second-order valence-corrected chi connectivity index (χ2v) is 0. The molecule has 4 heavy (non-hydrogen) atoms. The summed E-state index contributed by atoms with van der Waals surface area (Å²) in [5, 5.41) is 0. The van der Waals surface area contributed by atoms with E-state index in [1.165, 1.54) is 0 Å². The minimum atomic E-state index is 0. The summed E-state index contributed by atoms with van der Waals surface area (Å²) in [5.41, 5.74) is 0. The fraction of sp³-hybridized carbons (Fsp3) is 0. The predicted molar refractivity (Wildman–Crippen MR) is 7.13 cm³/mol. The molecule has 0 saturated heterocycles. The normalized spacial score (nSPS) is 1.00. The zero-order valence-corrected chi connectivity index (χ0v) is 7.09. The van der Waals surface area contributed by atoms with Gasteiger partial charge in [0.2, 0.25) is 0 Å². The van der Waals surface area contributed by atoms with Crippen molar-refractivity contribution in [2.45, 2.75) is 0 Å². The van der Waals surface area contributed by atoms with Gasteiger partial charge in [0.25, 0.3) is 0 Å². The monoisotopic (exact) mass is 170 g/mol. The predicted octanol–water partition coefficient (Wildman–Crippen LogP) is -0.621. The zero-order valence-electron chi connectivity index (χ0n) is 2.02. The van der Waals surface area contributed by atoms with Gasteiger partial charge in [-0.05, 0) is 0 Å². The van der Waals surface area contributed by atoms with Crippen LogP contribution in [-0.4, -0.2) is 16.5 Å². The molecule has 0 bridgehead atoms. The van der Waals surface area contributed by atoms with E-state index in [4.69, 9.17) is 3.78 Å². The first-order valence-corrected chi connectivity index (χ1v) is 1.06. The van der Waals surface area contributed by atoms with Gasteiger partial charge in [-0.3, -0.25) is 0 Å². The molecule has 0 unspecified atom stereocenters. The summed E-state index contributed by atoms with van der Waals surface area (Å²) in [7, 11) is 0. The number of hydrogen-bond donors (Lipinski definition) is 0. The molecule has 0 spiro atoms. The fourth-order valence-electron chi connectivity index (χ4n) is 0. The van der Waals surface area contributed by atoms with E-state index < -0.39 is 0 Å². The minimum absolute atomic E-state index is 0. The summed E-state index contributed by atoms with van der Waals surface area (Å²) >= 11 is 0.750. The van der Waals surface area contributed by atoms with E-state index in [-0.39, 0.29) is 25.0 Å². The first-order valence-electron chi connectivity index (χ1n) is 0.204. The van der Waals surface area contributed by atoms with Crippen molar-refractivity contribution >= 4 is 16.5 Å². The molecule has 0 heterocycles. The van der Waals surface area contributed by atoms with Crippen LogP contribution in [0, 0.1) is 0 Å². The van der Waals surface area contributed by atoms with Gasteiger partial charge >= 0.3 is 39.7 Å². The molecule has 2 radical (unpaired) electrons. The van der Waals surface area contributed by atoms with Crippen LogP contribution in [0.15, 0.2) is 0 Å². The Bertz CT molecular complexity index is 6.00. The Balaban J connectivity index is -0.00000000500. The van der Waals surface area contributed by atoms with Crippen molar-refractivity contribution < 1.29 is 28.7 Å². The summed E-state index contributed by atoms with van der Waals surface area (Å²) in [5.74, 6) is 0. The molecule has 4 heteroatoms. The van der Waals surface area contributed by atoms with Crippen LogP contribution < -0.4 is 0 Å². The third kappa shape index (κ3) is 12.7. The Morgan fingerprint density at radius 1 is 1.25 bits per heavy atom. The van der Waals surface area contributed by atoms with E-state index in [1.54, 1.807) is 0 Å². The quantitative estimate of drug-likeness (QED) is 0.447. The molecule has 0 aliphatic carbocycles. The van der Waals surface area contributed by atoms with Crippen LogP contribution in [0.3, 0.4) is 0 Å². The summed E-state index contributed by atoms with van der Waals surface area (Å²) in [6.45, 7) is 0. The smallest absolute Gasteiger partial charge is 2.00 e. The average Bonchev–Trinajstić information content (AvgIpc) is 1.00. The van der Waals surface area contributed by atoms with Crippen LogP contribution >= 0.6 is 0 Å².